The van der Waals surface area contributed by atoms with E-state index in [9.17, 15) is 4.79 Å². The van der Waals surface area contributed by atoms with Crippen LogP contribution in [0.4, 0.5) is 0 Å². The Morgan fingerprint density at radius 1 is 1.50 bits per heavy atom. The Kier molecular flexibility index (Phi) is 4.43. The van der Waals surface area contributed by atoms with Crippen LogP contribution in [0.3, 0.4) is 0 Å². The van der Waals surface area contributed by atoms with Gasteiger partial charge in [0.25, 0.3) is 0 Å². The van der Waals surface area contributed by atoms with Crippen LogP contribution in [0.15, 0.2) is 24.5 Å². The molecule has 16 heavy (non-hydrogen) atoms. The van der Waals surface area contributed by atoms with Crippen LogP contribution in [0.2, 0.25) is 0 Å². The van der Waals surface area contributed by atoms with Gasteiger partial charge >= 0.3 is 5.97 Å². The highest BCUT2D eigenvalue weighted by molar-refractivity contribution is 5.75. The van der Waals surface area contributed by atoms with Crippen molar-refractivity contribution in [3.63, 3.8) is 0 Å². The highest BCUT2D eigenvalue weighted by Crippen LogP contribution is 2.17. The number of aromatic nitrogens is 1. The molecule has 1 aromatic heterocycles. The van der Waals surface area contributed by atoms with Crippen LogP contribution in [-0.4, -0.2) is 24.7 Å². The maximum atomic E-state index is 11.4. The van der Waals surface area contributed by atoms with Gasteiger partial charge in [0.2, 0.25) is 0 Å². The Morgan fingerprint density at radius 3 is 2.81 bits per heavy atom. The van der Waals surface area contributed by atoms with Crippen molar-refractivity contribution in [3.8, 4) is 0 Å². The normalized spacial score (nSPS) is 11.2. The van der Waals surface area contributed by atoms with Crippen LogP contribution in [0.5, 0.6) is 0 Å². The van der Waals surface area contributed by atoms with Gasteiger partial charge in [0, 0.05) is 12.4 Å². The number of ether oxygens (including phenoxy) is 2. The summed E-state index contributed by atoms with van der Waals surface area (Å²) in [5.41, 5.74) is 0.375. The predicted molar refractivity (Wildman–Crippen MR) is 59.7 cm³/mol. The number of hydrogen-bond donors (Lipinski definition) is 0. The van der Waals surface area contributed by atoms with Crippen LogP contribution < -0.4 is 0 Å². The number of nitrogens with zero attached hydrogens (tertiary/aromatic N) is 1. The average Bonchev–Trinajstić information content (AvgIpc) is 2.29. The van der Waals surface area contributed by atoms with Gasteiger partial charge in [-0.25, -0.2) is 0 Å². The molecule has 0 saturated carbocycles. The average molecular weight is 223 g/mol. The molecule has 0 aliphatic carbocycles. The van der Waals surface area contributed by atoms with Gasteiger partial charge in [-0.05, 0) is 25.5 Å². The van der Waals surface area contributed by atoms with Crippen molar-refractivity contribution in [1.82, 2.24) is 4.98 Å². The van der Waals surface area contributed by atoms with E-state index < -0.39 is 5.41 Å². The standard InChI is InChI=1S/C12H17NO3/c1-12(2,11(14)15-3)9-16-8-10-5-4-6-13-7-10/h4-7H,8-9H2,1-3H3. The molecule has 4 nitrogen and oxygen atoms in total. The van der Waals surface area contributed by atoms with Gasteiger partial charge in [0.15, 0.2) is 0 Å². The van der Waals surface area contributed by atoms with Crippen molar-refractivity contribution in [1.29, 1.82) is 0 Å². The van der Waals surface area contributed by atoms with E-state index in [-0.39, 0.29) is 5.97 Å². The monoisotopic (exact) mass is 223 g/mol. The Balaban J connectivity index is 2.38. The van der Waals surface area contributed by atoms with Crippen molar-refractivity contribution in [2.24, 2.45) is 5.41 Å². The van der Waals surface area contributed by atoms with Gasteiger partial charge in [-0.3, -0.25) is 9.78 Å². The molecular weight excluding hydrogens is 206 g/mol. The molecule has 0 amide bonds. The smallest absolute Gasteiger partial charge is 0.313 e. The molecule has 0 fully saturated rings. The number of pyridine rings is 1. The second-order valence-corrected chi connectivity index (χ2v) is 4.23. The molecule has 0 spiro atoms. The number of rotatable bonds is 5. The van der Waals surface area contributed by atoms with E-state index in [1.165, 1.54) is 7.11 Å². The van der Waals surface area contributed by atoms with E-state index in [1.807, 2.05) is 12.1 Å². The fourth-order valence-corrected chi connectivity index (χ4v) is 1.24. The zero-order chi connectivity index (χ0) is 12.0. The second-order valence-electron chi connectivity index (χ2n) is 4.23. The van der Waals surface area contributed by atoms with E-state index in [2.05, 4.69) is 9.72 Å². The van der Waals surface area contributed by atoms with E-state index in [0.29, 0.717) is 13.2 Å². The van der Waals surface area contributed by atoms with Crippen LogP contribution in [0, 0.1) is 5.41 Å². The lowest BCUT2D eigenvalue weighted by atomic mass is 9.95. The summed E-state index contributed by atoms with van der Waals surface area (Å²) in [5, 5.41) is 0. The van der Waals surface area contributed by atoms with Gasteiger partial charge in [-0.1, -0.05) is 6.07 Å². The first-order valence-electron chi connectivity index (χ1n) is 5.11. The zero-order valence-corrected chi connectivity index (χ0v) is 9.90. The summed E-state index contributed by atoms with van der Waals surface area (Å²) >= 11 is 0. The Labute approximate surface area is 95.6 Å². The minimum atomic E-state index is -0.614. The van der Waals surface area contributed by atoms with Crippen LogP contribution in [0.25, 0.3) is 0 Å². The van der Waals surface area contributed by atoms with E-state index in [4.69, 9.17) is 4.74 Å². The Bertz CT molecular complexity index is 335. The van der Waals surface area contributed by atoms with Gasteiger partial charge < -0.3 is 9.47 Å². The molecule has 0 aliphatic rings. The van der Waals surface area contributed by atoms with Crippen molar-refractivity contribution < 1.29 is 14.3 Å². The van der Waals surface area contributed by atoms with Gasteiger partial charge in [0.1, 0.15) is 0 Å². The third-order valence-corrected chi connectivity index (χ3v) is 2.19. The summed E-state index contributed by atoms with van der Waals surface area (Å²) in [6.45, 7) is 4.37. The molecule has 0 aliphatic heterocycles. The molecule has 0 N–H and O–H groups in total. The van der Waals surface area contributed by atoms with Crippen LogP contribution in [0.1, 0.15) is 19.4 Å². The third kappa shape index (κ3) is 3.62. The van der Waals surface area contributed by atoms with Gasteiger partial charge in [0.05, 0.1) is 25.7 Å². The van der Waals surface area contributed by atoms with Gasteiger partial charge in [-0.2, -0.15) is 0 Å². The number of carbonyl (C=O) groups is 1. The topological polar surface area (TPSA) is 48.4 Å². The van der Waals surface area contributed by atoms with Crippen LogP contribution in [-0.2, 0) is 20.9 Å². The van der Waals surface area contributed by atoms with Crippen molar-refractivity contribution in [3.05, 3.63) is 30.1 Å². The SMILES string of the molecule is COC(=O)C(C)(C)COCc1cccnc1. The molecule has 0 radical (unpaired) electrons. The predicted octanol–water partition coefficient (Wildman–Crippen LogP) is 1.80. The first-order chi connectivity index (χ1) is 7.56. The number of hydrogen-bond acceptors (Lipinski definition) is 4. The molecule has 1 aromatic rings. The molecule has 0 aromatic carbocycles. The lowest BCUT2D eigenvalue weighted by Crippen LogP contribution is -2.30. The molecule has 0 unspecified atom stereocenters. The maximum absolute atomic E-state index is 11.4. The van der Waals surface area contributed by atoms with Crippen molar-refractivity contribution >= 4 is 5.97 Å². The largest absolute Gasteiger partial charge is 0.469 e. The summed E-state index contributed by atoms with van der Waals surface area (Å²) in [7, 11) is 1.38. The fraction of sp³-hybridized carbons (Fsp3) is 0.500. The lowest BCUT2D eigenvalue weighted by molar-refractivity contribution is -0.154. The number of esters is 1. The van der Waals surface area contributed by atoms with Gasteiger partial charge in [-0.15, -0.1) is 0 Å². The molecule has 0 atom stereocenters. The summed E-state index contributed by atoms with van der Waals surface area (Å²) in [6.07, 6.45) is 3.45. The van der Waals surface area contributed by atoms with Crippen molar-refractivity contribution in [2.45, 2.75) is 20.5 Å². The summed E-state index contributed by atoms with van der Waals surface area (Å²) in [4.78, 5) is 15.3. The first kappa shape index (κ1) is 12.6. The fourth-order valence-electron chi connectivity index (χ4n) is 1.24. The van der Waals surface area contributed by atoms with Crippen LogP contribution >= 0.6 is 0 Å². The molecule has 0 saturated heterocycles. The molecule has 1 rings (SSSR count). The van der Waals surface area contributed by atoms with E-state index >= 15 is 0 Å². The molecular formula is C12H17NO3. The summed E-state index contributed by atoms with van der Waals surface area (Å²) in [6, 6.07) is 3.78. The minimum Gasteiger partial charge on any atom is -0.469 e. The maximum Gasteiger partial charge on any atom is 0.313 e. The van der Waals surface area contributed by atoms with Crippen molar-refractivity contribution in [2.75, 3.05) is 13.7 Å². The first-order valence-corrected chi connectivity index (χ1v) is 5.11. The number of methoxy groups -OCH3 is 1. The highest BCUT2D eigenvalue weighted by Gasteiger charge is 2.28. The molecule has 88 valence electrons. The second kappa shape index (κ2) is 5.61. The molecule has 1 heterocycles. The Morgan fingerprint density at radius 2 is 2.25 bits per heavy atom. The molecule has 4 heteroatoms. The lowest BCUT2D eigenvalue weighted by Gasteiger charge is -2.21. The minimum absolute atomic E-state index is 0.265. The van der Waals surface area contributed by atoms with E-state index in [1.54, 1.807) is 26.2 Å². The highest BCUT2D eigenvalue weighted by atomic mass is 16.5. The third-order valence-electron chi connectivity index (χ3n) is 2.19. The Hall–Kier alpha value is -1.42. The molecule has 0 bridgehead atoms. The van der Waals surface area contributed by atoms with E-state index in [0.717, 1.165) is 5.56 Å². The number of carbonyl (C=O) groups excluding carboxylic acids is 1. The summed E-state index contributed by atoms with van der Waals surface area (Å²) < 4.78 is 10.2. The zero-order valence-electron chi connectivity index (χ0n) is 9.90. The summed E-state index contributed by atoms with van der Waals surface area (Å²) in [5.74, 6) is -0.265. The quantitative estimate of drug-likeness (QED) is 0.714.